The van der Waals surface area contributed by atoms with Gasteiger partial charge in [0.2, 0.25) is 0 Å². The molecule has 1 unspecified atom stereocenters. The second kappa shape index (κ2) is 4.56. The van der Waals surface area contributed by atoms with Crippen molar-refractivity contribution in [2.24, 2.45) is 11.3 Å². The van der Waals surface area contributed by atoms with Crippen molar-refractivity contribution in [2.75, 3.05) is 0 Å². The minimum absolute atomic E-state index is 0.254. The summed E-state index contributed by atoms with van der Waals surface area (Å²) in [7, 11) is 0. The Hall–Kier alpha value is -1.40. The smallest absolute Gasteiger partial charge is 0.126 e. The van der Waals surface area contributed by atoms with Crippen LogP contribution < -0.4 is 0 Å². The maximum atomic E-state index is 13.9. The van der Waals surface area contributed by atoms with Gasteiger partial charge in [-0.2, -0.15) is 5.26 Å². The van der Waals surface area contributed by atoms with Crippen LogP contribution in [-0.2, 0) is 12.0 Å². The van der Waals surface area contributed by atoms with Gasteiger partial charge in [-0.05, 0) is 61.6 Å². The highest BCUT2D eigenvalue weighted by Crippen LogP contribution is 2.56. The minimum atomic E-state index is -1.18. The molecule has 1 atom stereocenters. The molecule has 0 heterocycles. The van der Waals surface area contributed by atoms with Gasteiger partial charge in [0.15, 0.2) is 0 Å². The minimum Gasteiger partial charge on any atom is -0.383 e. The van der Waals surface area contributed by atoms with E-state index in [1.54, 1.807) is 12.1 Å². The van der Waals surface area contributed by atoms with Crippen LogP contribution in [0.1, 0.15) is 50.2 Å². The van der Waals surface area contributed by atoms with E-state index in [4.69, 9.17) is 0 Å². The fourth-order valence-electron chi connectivity index (χ4n) is 4.01. The molecule has 20 heavy (non-hydrogen) atoms. The van der Waals surface area contributed by atoms with Crippen molar-refractivity contribution in [1.82, 2.24) is 0 Å². The first-order chi connectivity index (χ1) is 9.52. The Balaban J connectivity index is 2.06. The van der Waals surface area contributed by atoms with Crippen molar-refractivity contribution in [3.63, 3.8) is 0 Å². The topological polar surface area (TPSA) is 44.0 Å². The Labute approximate surface area is 119 Å². The number of rotatable bonds is 1. The molecule has 1 fully saturated rings. The molecule has 1 aromatic rings. The average molecular weight is 273 g/mol. The van der Waals surface area contributed by atoms with Crippen LogP contribution in [0.25, 0.3) is 0 Å². The molecule has 2 aliphatic rings. The number of aliphatic hydroxyl groups is 1. The molecule has 2 aliphatic carbocycles. The Kier molecular flexibility index (Phi) is 3.10. The number of fused-ring (bicyclic) bond motifs is 1. The molecule has 0 aromatic heterocycles. The van der Waals surface area contributed by atoms with Crippen LogP contribution in [0, 0.1) is 28.5 Å². The SMILES string of the molecule is CC1CCC(C#N)(C2(O)CCc3c(F)cccc32)CC1. The fourth-order valence-corrected chi connectivity index (χ4v) is 4.01. The maximum Gasteiger partial charge on any atom is 0.126 e. The van der Waals surface area contributed by atoms with Crippen LogP contribution in [0.5, 0.6) is 0 Å². The maximum absolute atomic E-state index is 13.9. The molecule has 3 rings (SSSR count). The van der Waals surface area contributed by atoms with Gasteiger partial charge in [-0.3, -0.25) is 0 Å². The highest BCUT2D eigenvalue weighted by Gasteiger charge is 2.55. The second-order valence-electron chi connectivity index (χ2n) is 6.50. The largest absolute Gasteiger partial charge is 0.383 e. The number of nitriles is 1. The Bertz CT molecular complexity index is 569. The number of nitrogens with zero attached hydrogens (tertiary/aromatic N) is 1. The number of hydrogen-bond acceptors (Lipinski definition) is 2. The molecule has 0 radical (unpaired) electrons. The summed E-state index contributed by atoms with van der Waals surface area (Å²) >= 11 is 0. The number of benzene rings is 1. The zero-order valence-electron chi connectivity index (χ0n) is 11.8. The fraction of sp³-hybridized carbons (Fsp3) is 0.588. The Morgan fingerprint density at radius 3 is 2.65 bits per heavy atom. The summed E-state index contributed by atoms with van der Waals surface area (Å²) in [5, 5.41) is 21.0. The summed E-state index contributed by atoms with van der Waals surface area (Å²) in [4.78, 5) is 0. The van der Waals surface area contributed by atoms with E-state index in [2.05, 4.69) is 13.0 Å². The van der Waals surface area contributed by atoms with Gasteiger partial charge in [-0.15, -0.1) is 0 Å². The van der Waals surface area contributed by atoms with Crippen LogP contribution in [0.4, 0.5) is 4.39 Å². The predicted molar refractivity (Wildman–Crippen MR) is 74.3 cm³/mol. The number of hydrogen-bond donors (Lipinski definition) is 1. The first-order valence-corrected chi connectivity index (χ1v) is 7.44. The van der Waals surface area contributed by atoms with E-state index < -0.39 is 11.0 Å². The molecule has 0 spiro atoms. The summed E-state index contributed by atoms with van der Waals surface area (Å²) in [6, 6.07) is 7.28. The molecule has 0 bridgehead atoms. The van der Waals surface area contributed by atoms with E-state index in [-0.39, 0.29) is 5.82 Å². The van der Waals surface area contributed by atoms with E-state index >= 15 is 0 Å². The molecule has 106 valence electrons. The molecule has 2 nitrogen and oxygen atoms in total. The van der Waals surface area contributed by atoms with Crippen LogP contribution in [0.2, 0.25) is 0 Å². The van der Waals surface area contributed by atoms with E-state index in [0.29, 0.717) is 42.7 Å². The lowest BCUT2D eigenvalue weighted by Crippen LogP contribution is -2.45. The van der Waals surface area contributed by atoms with Gasteiger partial charge in [0.1, 0.15) is 11.4 Å². The second-order valence-corrected chi connectivity index (χ2v) is 6.50. The normalized spacial score (nSPS) is 36.4. The molecule has 1 N–H and O–H groups in total. The monoisotopic (exact) mass is 273 g/mol. The highest BCUT2D eigenvalue weighted by atomic mass is 19.1. The standard InChI is InChI=1S/C17H20FNO/c1-12-5-8-16(11-19,9-6-12)17(20)10-7-13-14(17)3-2-4-15(13)18/h2-4,12,20H,5-10H2,1H3. The van der Waals surface area contributed by atoms with Gasteiger partial charge in [-0.25, -0.2) is 4.39 Å². The van der Waals surface area contributed by atoms with Gasteiger partial charge >= 0.3 is 0 Å². The van der Waals surface area contributed by atoms with E-state index in [0.717, 1.165) is 12.8 Å². The van der Waals surface area contributed by atoms with Crippen molar-refractivity contribution in [3.8, 4) is 6.07 Å². The van der Waals surface area contributed by atoms with Crippen molar-refractivity contribution in [2.45, 2.75) is 51.0 Å². The third kappa shape index (κ3) is 1.71. The summed E-state index contributed by atoms with van der Waals surface area (Å²) < 4.78 is 13.9. The molecule has 3 heteroatoms. The van der Waals surface area contributed by atoms with Crippen LogP contribution >= 0.6 is 0 Å². The zero-order chi connectivity index (χ0) is 14.4. The summed E-state index contributed by atoms with van der Waals surface area (Å²) in [5.41, 5.74) is -0.686. The van der Waals surface area contributed by atoms with Gasteiger partial charge in [-0.1, -0.05) is 19.1 Å². The third-order valence-electron chi connectivity index (χ3n) is 5.43. The van der Waals surface area contributed by atoms with Crippen LogP contribution in [-0.4, -0.2) is 5.11 Å². The Morgan fingerprint density at radius 1 is 1.30 bits per heavy atom. The Morgan fingerprint density at radius 2 is 2.00 bits per heavy atom. The summed E-state index contributed by atoms with van der Waals surface area (Å²) in [6.45, 7) is 2.19. The van der Waals surface area contributed by atoms with Gasteiger partial charge in [0, 0.05) is 0 Å². The van der Waals surface area contributed by atoms with Crippen molar-refractivity contribution < 1.29 is 9.50 Å². The zero-order valence-corrected chi connectivity index (χ0v) is 11.8. The molecular formula is C17H20FNO. The van der Waals surface area contributed by atoms with E-state index in [9.17, 15) is 14.8 Å². The van der Waals surface area contributed by atoms with E-state index in [1.807, 2.05) is 0 Å². The quantitative estimate of drug-likeness (QED) is 0.848. The third-order valence-corrected chi connectivity index (χ3v) is 5.43. The first-order valence-electron chi connectivity index (χ1n) is 7.44. The van der Waals surface area contributed by atoms with Gasteiger partial charge in [0.05, 0.1) is 11.5 Å². The van der Waals surface area contributed by atoms with Crippen molar-refractivity contribution in [1.29, 1.82) is 5.26 Å². The van der Waals surface area contributed by atoms with Gasteiger partial charge < -0.3 is 5.11 Å². The summed E-state index contributed by atoms with van der Waals surface area (Å²) in [5.74, 6) is 0.351. The van der Waals surface area contributed by atoms with Crippen molar-refractivity contribution >= 4 is 0 Å². The van der Waals surface area contributed by atoms with Gasteiger partial charge in [0.25, 0.3) is 0 Å². The highest BCUT2D eigenvalue weighted by molar-refractivity contribution is 5.42. The van der Waals surface area contributed by atoms with Crippen molar-refractivity contribution in [3.05, 3.63) is 35.1 Å². The summed E-state index contributed by atoms with van der Waals surface area (Å²) in [6.07, 6.45) is 4.32. The molecule has 0 aliphatic heterocycles. The van der Waals surface area contributed by atoms with E-state index in [1.165, 1.54) is 6.07 Å². The van der Waals surface area contributed by atoms with Crippen LogP contribution in [0.3, 0.4) is 0 Å². The molecule has 1 saturated carbocycles. The molecule has 0 amide bonds. The molecule has 0 saturated heterocycles. The number of halogens is 1. The molecular weight excluding hydrogens is 253 g/mol. The average Bonchev–Trinajstić information content (AvgIpc) is 2.81. The lowest BCUT2D eigenvalue weighted by molar-refractivity contribution is -0.0822. The van der Waals surface area contributed by atoms with Crippen LogP contribution in [0.15, 0.2) is 18.2 Å². The molecule has 1 aromatic carbocycles. The first kappa shape index (κ1) is 13.6. The predicted octanol–water partition coefficient (Wildman–Crippen LogP) is 3.68. The lowest BCUT2D eigenvalue weighted by Gasteiger charge is -2.44. The lowest BCUT2D eigenvalue weighted by atomic mass is 9.60.